The van der Waals surface area contributed by atoms with Crippen molar-refractivity contribution >= 4 is 5.82 Å². The number of aromatic amines is 1. The molecule has 0 saturated carbocycles. The fraction of sp³-hybridized carbons (Fsp3) is 0.381. The monoisotopic (exact) mass is 392 g/mol. The number of aliphatic hydroxyl groups excluding tert-OH is 1. The number of nitrogens with one attached hydrogen (secondary N) is 1. The first-order valence-corrected chi connectivity index (χ1v) is 9.95. The molecule has 2 fully saturated rings. The standard InChI is InChI=1S/C21H24N6O2/c28-6-5-26-9-15-11-27(12-16(15)10-26)21-4-3-18(24-25-21)17-2-1-14(7-20(17)29)19-8-22-13-23-19/h1-4,7-8,13,15-16,28-29H,5-6,9-12H2,(H,22,23)/t15-,16+. The predicted octanol–water partition coefficient (Wildman–Crippen LogP) is 1.60. The van der Waals surface area contributed by atoms with E-state index in [-0.39, 0.29) is 12.4 Å². The number of phenols is 1. The third-order valence-electron chi connectivity index (χ3n) is 6.04. The molecule has 2 saturated heterocycles. The number of phenolic OH excluding ortho intramolecular Hbond substituents is 1. The van der Waals surface area contributed by atoms with Crippen LogP contribution in [-0.2, 0) is 0 Å². The molecule has 4 heterocycles. The average Bonchev–Trinajstić information content (AvgIpc) is 3.45. The minimum Gasteiger partial charge on any atom is -0.507 e. The average molecular weight is 392 g/mol. The van der Waals surface area contributed by atoms with E-state index in [1.165, 1.54) is 0 Å². The summed E-state index contributed by atoms with van der Waals surface area (Å²) in [4.78, 5) is 11.7. The van der Waals surface area contributed by atoms with Crippen molar-refractivity contribution in [3.63, 3.8) is 0 Å². The molecule has 5 rings (SSSR count). The summed E-state index contributed by atoms with van der Waals surface area (Å²) in [7, 11) is 0. The van der Waals surface area contributed by atoms with E-state index in [9.17, 15) is 5.11 Å². The van der Waals surface area contributed by atoms with Crippen LogP contribution in [0.25, 0.3) is 22.5 Å². The molecule has 3 aromatic rings. The van der Waals surface area contributed by atoms with Crippen molar-refractivity contribution in [3.05, 3.63) is 42.9 Å². The van der Waals surface area contributed by atoms with Crippen molar-refractivity contribution in [2.24, 2.45) is 11.8 Å². The minimum atomic E-state index is 0.166. The smallest absolute Gasteiger partial charge is 0.151 e. The van der Waals surface area contributed by atoms with Gasteiger partial charge in [0.15, 0.2) is 5.82 Å². The molecule has 0 aliphatic carbocycles. The zero-order valence-corrected chi connectivity index (χ0v) is 16.1. The molecular formula is C21H24N6O2. The molecule has 3 N–H and O–H groups in total. The van der Waals surface area contributed by atoms with Crippen molar-refractivity contribution in [3.8, 4) is 28.3 Å². The number of aromatic nitrogens is 4. The van der Waals surface area contributed by atoms with Gasteiger partial charge in [-0.05, 0) is 36.1 Å². The maximum atomic E-state index is 10.5. The Bertz CT molecular complexity index is 961. The van der Waals surface area contributed by atoms with Gasteiger partial charge in [-0.1, -0.05) is 6.07 Å². The summed E-state index contributed by atoms with van der Waals surface area (Å²) in [5.41, 5.74) is 3.03. The van der Waals surface area contributed by atoms with E-state index in [1.54, 1.807) is 18.6 Å². The predicted molar refractivity (Wildman–Crippen MR) is 109 cm³/mol. The molecule has 150 valence electrons. The van der Waals surface area contributed by atoms with Gasteiger partial charge in [0.2, 0.25) is 0 Å². The Hall–Kier alpha value is -2.97. The Labute approximate surface area is 168 Å². The first kappa shape index (κ1) is 18.1. The van der Waals surface area contributed by atoms with E-state index in [4.69, 9.17) is 5.11 Å². The number of hydrogen-bond acceptors (Lipinski definition) is 7. The van der Waals surface area contributed by atoms with Crippen molar-refractivity contribution in [1.29, 1.82) is 0 Å². The number of aliphatic hydroxyl groups is 1. The van der Waals surface area contributed by atoms with Gasteiger partial charge in [0, 0.05) is 43.9 Å². The van der Waals surface area contributed by atoms with Crippen LogP contribution in [0.15, 0.2) is 42.9 Å². The summed E-state index contributed by atoms with van der Waals surface area (Å²) in [6.45, 7) is 5.04. The molecule has 8 nitrogen and oxygen atoms in total. The highest BCUT2D eigenvalue weighted by atomic mass is 16.3. The first-order chi connectivity index (χ1) is 14.2. The molecule has 2 aliphatic rings. The second-order valence-corrected chi connectivity index (χ2v) is 7.88. The van der Waals surface area contributed by atoms with Crippen LogP contribution in [0.5, 0.6) is 5.75 Å². The Morgan fingerprint density at radius 1 is 1.03 bits per heavy atom. The second-order valence-electron chi connectivity index (χ2n) is 7.88. The summed E-state index contributed by atoms with van der Waals surface area (Å²) in [6.07, 6.45) is 3.33. The second kappa shape index (κ2) is 7.46. The van der Waals surface area contributed by atoms with Crippen LogP contribution in [-0.4, -0.2) is 74.6 Å². The first-order valence-electron chi connectivity index (χ1n) is 9.95. The van der Waals surface area contributed by atoms with Crippen LogP contribution in [0, 0.1) is 11.8 Å². The topological polar surface area (TPSA) is 101 Å². The van der Waals surface area contributed by atoms with Gasteiger partial charge >= 0.3 is 0 Å². The van der Waals surface area contributed by atoms with Crippen molar-refractivity contribution < 1.29 is 10.2 Å². The highest BCUT2D eigenvalue weighted by Gasteiger charge is 2.40. The van der Waals surface area contributed by atoms with Crippen LogP contribution in [0.2, 0.25) is 0 Å². The van der Waals surface area contributed by atoms with E-state index < -0.39 is 0 Å². The molecule has 0 bridgehead atoms. The lowest BCUT2D eigenvalue weighted by Gasteiger charge is -2.21. The molecule has 0 amide bonds. The number of nitrogens with zero attached hydrogens (tertiary/aromatic N) is 5. The lowest BCUT2D eigenvalue weighted by molar-refractivity contribution is 0.214. The third-order valence-corrected chi connectivity index (χ3v) is 6.04. The Kier molecular flexibility index (Phi) is 4.65. The molecule has 1 aromatic carbocycles. The number of benzene rings is 1. The summed E-state index contributed by atoms with van der Waals surface area (Å²) in [5.74, 6) is 2.30. The number of aromatic hydroxyl groups is 1. The van der Waals surface area contributed by atoms with Gasteiger partial charge in [-0.3, -0.25) is 0 Å². The van der Waals surface area contributed by atoms with E-state index in [1.807, 2.05) is 24.3 Å². The zero-order valence-electron chi connectivity index (χ0n) is 16.1. The van der Waals surface area contributed by atoms with Gasteiger partial charge in [-0.2, -0.15) is 0 Å². The summed E-state index contributed by atoms with van der Waals surface area (Å²) < 4.78 is 0. The number of rotatable bonds is 5. The van der Waals surface area contributed by atoms with E-state index in [0.29, 0.717) is 23.1 Å². The molecule has 2 aliphatic heterocycles. The van der Waals surface area contributed by atoms with Gasteiger partial charge in [-0.15, -0.1) is 10.2 Å². The molecular weight excluding hydrogens is 368 g/mol. The van der Waals surface area contributed by atoms with Gasteiger partial charge < -0.3 is 25.0 Å². The molecule has 2 atom stereocenters. The Balaban J connectivity index is 1.29. The van der Waals surface area contributed by atoms with Crippen molar-refractivity contribution in [2.45, 2.75) is 0 Å². The van der Waals surface area contributed by atoms with Crippen LogP contribution >= 0.6 is 0 Å². The van der Waals surface area contributed by atoms with Crippen molar-refractivity contribution in [1.82, 2.24) is 25.1 Å². The summed E-state index contributed by atoms with van der Waals surface area (Å²) in [6, 6.07) is 9.39. The highest BCUT2D eigenvalue weighted by molar-refractivity contribution is 5.72. The molecule has 8 heteroatoms. The number of hydrogen-bond donors (Lipinski definition) is 3. The van der Waals surface area contributed by atoms with Crippen LogP contribution in [0.1, 0.15) is 0 Å². The van der Waals surface area contributed by atoms with Crippen molar-refractivity contribution in [2.75, 3.05) is 44.2 Å². The Morgan fingerprint density at radius 3 is 2.48 bits per heavy atom. The van der Waals surface area contributed by atoms with E-state index in [2.05, 4.69) is 30.0 Å². The number of fused-ring (bicyclic) bond motifs is 1. The summed E-state index contributed by atoms with van der Waals surface area (Å²) in [5, 5.41) is 28.4. The van der Waals surface area contributed by atoms with Crippen LogP contribution in [0.3, 0.4) is 0 Å². The molecule has 0 radical (unpaired) electrons. The van der Waals surface area contributed by atoms with E-state index >= 15 is 0 Å². The minimum absolute atomic E-state index is 0.166. The maximum Gasteiger partial charge on any atom is 0.151 e. The number of anilines is 1. The van der Waals surface area contributed by atoms with Crippen LogP contribution < -0.4 is 4.90 Å². The molecule has 0 unspecified atom stereocenters. The number of imidazole rings is 1. The number of β-amino-alcohol motifs (C(OH)–C–C–N with tert-alkyl or cyclic N) is 1. The van der Waals surface area contributed by atoms with Gasteiger partial charge in [0.1, 0.15) is 5.75 Å². The number of likely N-dealkylation sites (tertiary alicyclic amines) is 1. The fourth-order valence-electron chi connectivity index (χ4n) is 4.57. The van der Waals surface area contributed by atoms with Crippen LogP contribution in [0.4, 0.5) is 5.82 Å². The highest BCUT2D eigenvalue weighted by Crippen LogP contribution is 2.35. The fourth-order valence-corrected chi connectivity index (χ4v) is 4.57. The Morgan fingerprint density at radius 2 is 1.86 bits per heavy atom. The summed E-state index contributed by atoms with van der Waals surface area (Å²) >= 11 is 0. The quantitative estimate of drug-likeness (QED) is 0.606. The van der Waals surface area contributed by atoms with Gasteiger partial charge in [0.05, 0.1) is 30.5 Å². The lowest BCUT2D eigenvalue weighted by atomic mass is 10.0. The lowest BCUT2D eigenvalue weighted by Crippen LogP contribution is -2.31. The number of H-pyrrole nitrogens is 1. The normalized spacial score (nSPS) is 21.6. The third kappa shape index (κ3) is 3.45. The molecule has 29 heavy (non-hydrogen) atoms. The zero-order chi connectivity index (χ0) is 19.8. The maximum absolute atomic E-state index is 10.5. The molecule has 0 spiro atoms. The van der Waals surface area contributed by atoms with Gasteiger partial charge in [0.25, 0.3) is 0 Å². The molecule has 2 aromatic heterocycles. The SMILES string of the molecule is OCCN1C[C@@H]2CN(c3ccc(-c4ccc(-c5cnc[nH]5)cc4O)nn3)C[C@@H]2C1. The largest absolute Gasteiger partial charge is 0.507 e. The van der Waals surface area contributed by atoms with Gasteiger partial charge in [-0.25, -0.2) is 4.98 Å². The van der Waals surface area contributed by atoms with E-state index in [0.717, 1.165) is 49.8 Å².